The van der Waals surface area contributed by atoms with Gasteiger partial charge in [-0.15, -0.1) is 0 Å². The zero-order valence-electron chi connectivity index (χ0n) is 9.74. The van der Waals surface area contributed by atoms with Crippen LogP contribution in [0.15, 0.2) is 24.4 Å². The SMILES string of the molecule is CNC(=O)Nc1c(C)cnc2c(N)cccc12. The van der Waals surface area contributed by atoms with Crippen LogP contribution in [0.5, 0.6) is 0 Å². The fourth-order valence-electron chi connectivity index (χ4n) is 1.69. The van der Waals surface area contributed by atoms with Crippen molar-refractivity contribution < 1.29 is 4.79 Å². The van der Waals surface area contributed by atoms with Gasteiger partial charge in [-0.3, -0.25) is 4.98 Å². The number of hydrogen-bond acceptors (Lipinski definition) is 3. The zero-order valence-corrected chi connectivity index (χ0v) is 9.74. The molecule has 0 unspecified atom stereocenters. The summed E-state index contributed by atoms with van der Waals surface area (Å²) in [5.74, 6) is 0. The van der Waals surface area contributed by atoms with Crippen LogP contribution in [0.1, 0.15) is 5.56 Å². The number of hydrogen-bond donors (Lipinski definition) is 3. The van der Waals surface area contributed by atoms with Crippen LogP contribution < -0.4 is 16.4 Å². The van der Waals surface area contributed by atoms with Gasteiger partial charge in [0.25, 0.3) is 0 Å². The molecule has 0 aliphatic carbocycles. The van der Waals surface area contributed by atoms with E-state index in [0.717, 1.165) is 16.6 Å². The highest BCUT2D eigenvalue weighted by molar-refractivity contribution is 6.04. The number of aryl methyl sites for hydroxylation is 1. The summed E-state index contributed by atoms with van der Waals surface area (Å²) in [7, 11) is 1.57. The van der Waals surface area contributed by atoms with Gasteiger partial charge in [0, 0.05) is 18.6 Å². The quantitative estimate of drug-likeness (QED) is 0.654. The molecule has 0 bridgehead atoms. The number of para-hydroxylation sites is 1. The number of carbonyl (C=O) groups is 1. The molecule has 0 radical (unpaired) electrons. The van der Waals surface area contributed by atoms with Gasteiger partial charge >= 0.3 is 6.03 Å². The molecule has 1 aromatic heterocycles. The van der Waals surface area contributed by atoms with E-state index in [2.05, 4.69) is 15.6 Å². The molecular formula is C12H14N4O. The first-order valence-corrected chi connectivity index (χ1v) is 5.26. The van der Waals surface area contributed by atoms with Gasteiger partial charge in [0.1, 0.15) is 0 Å². The summed E-state index contributed by atoms with van der Waals surface area (Å²) in [6.07, 6.45) is 1.70. The molecule has 1 aromatic carbocycles. The normalized spacial score (nSPS) is 10.2. The number of carbonyl (C=O) groups excluding carboxylic acids is 1. The molecule has 0 saturated carbocycles. The Balaban J connectivity index is 2.63. The molecule has 17 heavy (non-hydrogen) atoms. The second-order valence-electron chi connectivity index (χ2n) is 3.76. The lowest BCUT2D eigenvalue weighted by Crippen LogP contribution is -2.25. The second-order valence-corrected chi connectivity index (χ2v) is 3.76. The monoisotopic (exact) mass is 230 g/mol. The predicted octanol–water partition coefficient (Wildman–Crippen LogP) is 1.88. The van der Waals surface area contributed by atoms with Gasteiger partial charge in [-0.25, -0.2) is 4.79 Å². The number of fused-ring (bicyclic) bond motifs is 1. The third-order valence-electron chi connectivity index (χ3n) is 2.58. The van der Waals surface area contributed by atoms with E-state index < -0.39 is 0 Å². The van der Waals surface area contributed by atoms with Crippen molar-refractivity contribution in [2.24, 2.45) is 0 Å². The van der Waals surface area contributed by atoms with Gasteiger partial charge < -0.3 is 16.4 Å². The van der Waals surface area contributed by atoms with E-state index in [1.807, 2.05) is 19.1 Å². The molecule has 0 atom stereocenters. The lowest BCUT2D eigenvalue weighted by Gasteiger charge is -2.11. The van der Waals surface area contributed by atoms with Gasteiger partial charge in [-0.2, -0.15) is 0 Å². The smallest absolute Gasteiger partial charge is 0.319 e. The maximum absolute atomic E-state index is 11.4. The van der Waals surface area contributed by atoms with Crippen LogP contribution in [-0.4, -0.2) is 18.1 Å². The molecule has 4 N–H and O–H groups in total. The summed E-state index contributed by atoms with van der Waals surface area (Å²) in [5.41, 5.74) is 8.78. The first-order valence-electron chi connectivity index (χ1n) is 5.26. The molecule has 1 heterocycles. The summed E-state index contributed by atoms with van der Waals surface area (Å²) >= 11 is 0. The number of anilines is 2. The maximum Gasteiger partial charge on any atom is 0.319 e. The number of pyridine rings is 1. The second kappa shape index (κ2) is 4.29. The van der Waals surface area contributed by atoms with Crippen LogP contribution in [0, 0.1) is 6.92 Å². The predicted molar refractivity (Wildman–Crippen MR) is 69.0 cm³/mol. The molecule has 5 heteroatoms. The highest BCUT2D eigenvalue weighted by atomic mass is 16.2. The van der Waals surface area contributed by atoms with Gasteiger partial charge in [0.2, 0.25) is 0 Å². The van der Waals surface area contributed by atoms with Crippen LogP contribution in [0.4, 0.5) is 16.2 Å². The van der Waals surface area contributed by atoms with Crippen LogP contribution in [0.2, 0.25) is 0 Å². The molecule has 2 rings (SSSR count). The number of nitrogens with zero attached hydrogens (tertiary/aromatic N) is 1. The van der Waals surface area contributed by atoms with E-state index in [4.69, 9.17) is 5.73 Å². The summed E-state index contributed by atoms with van der Waals surface area (Å²) < 4.78 is 0. The van der Waals surface area contributed by atoms with Crippen molar-refractivity contribution in [3.05, 3.63) is 30.0 Å². The minimum atomic E-state index is -0.261. The molecule has 88 valence electrons. The van der Waals surface area contributed by atoms with Crippen molar-refractivity contribution in [2.75, 3.05) is 18.1 Å². The van der Waals surface area contributed by atoms with Gasteiger partial charge in [0.15, 0.2) is 0 Å². The lowest BCUT2D eigenvalue weighted by molar-refractivity contribution is 0.254. The number of urea groups is 1. The largest absolute Gasteiger partial charge is 0.397 e. The molecule has 0 fully saturated rings. The van der Waals surface area contributed by atoms with Crippen LogP contribution in [-0.2, 0) is 0 Å². The molecule has 0 aliphatic heterocycles. The zero-order chi connectivity index (χ0) is 12.4. The summed E-state index contributed by atoms with van der Waals surface area (Å²) in [5, 5.41) is 6.14. The summed E-state index contributed by atoms with van der Waals surface area (Å²) in [6.45, 7) is 1.89. The number of nitrogens with two attached hydrogens (primary N) is 1. The Morgan fingerprint density at radius 3 is 2.88 bits per heavy atom. The number of benzene rings is 1. The summed E-state index contributed by atoms with van der Waals surface area (Å²) in [6, 6.07) is 5.25. The Bertz CT molecular complexity index is 580. The van der Waals surface area contributed by atoms with E-state index in [-0.39, 0.29) is 6.03 Å². The minimum absolute atomic E-state index is 0.261. The average Bonchev–Trinajstić information content (AvgIpc) is 2.33. The molecule has 0 spiro atoms. The topological polar surface area (TPSA) is 80.0 Å². The number of nitrogens with one attached hydrogen (secondary N) is 2. The third kappa shape index (κ3) is 1.99. The number of aromatic nitrogens is 1. The van der Waals surface area contributed by atoms with E-state index >= 15 is 0 Å². The summed E-state index contributed by atoms with van der Waals surface area (Å²) in [4.78, 5) is 15.7. The lowest BCUT2D eigenvalue weighted by atomic mass is 10.1. The average molecular weight is 230 g/mol. The first-order chi connectivity index (χ1) is 8.13. The Morgan fingerprint density at radius 2 is 2.18 bits per heavy atom. The van der Waals surface area contributed by atoms with Crippen molar-refractivity contribution in [3.8, 4) is 0 Å². The fraction of sp³-hybridized carbons (Fsp3) is 0.167. The molecule has 2 amide bonds. The Hall–Kier alpha value is -2.30. The number of nitrogen functional groups attached to an aromatic ring is 1. The van der Waals surface area contributed by atoms with Crippen molar-refractivity contribution >= 4 is 28.3 Å². The minimum Gasteiger partial charge on any atom is -0.397 e. The van der Waals surface area contributed by atoms with Crippen LogP contribution in [0.25, 0.3) is 10.9 Å². The van der Waals surface area contributed by atoms with Crippen molar-refractivity contribution in [3.63, 3.8) is 0 Å². The Morgan fingerprint density at radius 1 is 1.41 bits per heavy atom. The molecule has 5 nitrogen and oxygen atoms in total. The molecule has 0 aliphatic rings. The van der Waals surface area contributed by atoms with E-state index in [1.54, 1.807) is 19.3 Å². The molecule has 2 aromatic rings. The Labute approximate surface area is 99.0 Å². The maximum atomic E-state index is 11.4. The van der Waals surface area contributed by atoms with E-state index in [1.165, 1.54) is 0 Å². The first kappa shape index (κ1) is 11.2. The van der Waals surface area contributed by atoms with Crippen molar-refractivity contribution in [2.45, 2.75) is 6.92 Å². The highest BCUT2D eigenvalue weighted by Crippen LogP contribution is 2.28. The Kier molecular flexibility index (Phi) is 2.82. The molecular weight excluding hydrogens is 216 g/mol. The van der Waals surface area contributed by atoms with E-state index in [0.29, 0.717) is 11.2 Å². The van der Waals surface area contributed by atoms with Gasteiger partial charge in [0.05, 0.1) is 16.9 Å². The van der Waals surface area contributed by atoms with Crippen molar-refractivity contribution in [1.82, 2.24) is 10.3 Å². The van der Waals surface area contributed by atoms with E-state index in [9.17, 15) is 4.79 Å². The van der Waals surface area contributed by atoms with Gasteiger partial charge in [-0.1, -0.05) is 12.1 Å². The standard InChI is InChI=1S/C12H14N4O/c1-7-6-15-11-8(4-3-5-9(11)13)10(7)16-12(17)14-2/h3-6H,13H2,1-2H3,(H2,14,15,16,17). The third-order valence-corrected chi connectivity index (χ3v) is 2.58. The molecule has 0 saturated heterocycles. The fourth-order valence-corrected chi connectivity index (χ4v) is 1.69. The van der Waals surface area contributed by atoms with Crippen LogP contribution >= 0.6 is 0 Å². The van der Waals surface area contributed by atoms with Gasteiger partial charge in [-0.05, 0) is 18.6 Å². The number of rotatable bonds is 1. The van der Waals surface area contributed by atoms with Crippen LogP contribution in [0.3, 0.4) is 0 Å². The van der Waals surface area contributed by atoms with Crippen molar-refractivity contribution in [1.29, 1.82) is 0 Å². The number of amides is 2. The highest BCUT2D eigenvalue weighted by Gasteiger charge is 2.09.